The number of fused-ring (bicyclic) bond motifs is 10. The van der Waals surface area contributed by atoms with Crippen molar-refractivity contribution in [2.75, 3.05) is 4.90 Å². The van der Waals surface area contributed by atoms with E-state index in [2.05, 4.69) is 181 Å². The van der Waals surface area contributed by atoms with E-state index in [1.807, 2.05) is 12.1 Å². The maximum atomic E-state index is 6.55. The number of nitrogens with zero attached hydrogens (tertiary/aromatic N) is 1. The molecular weight excluding hydrogens is 647 g/mol. The molecule has 0 N–H and O–H groups in total. The van der Waals surface area contributed by atoms with Gasteiger partial charge in [-0.25, -0.2) is 0 Å². The smallest absolute Gasteiger partial charge is 0.147 e. The second-order valence-electron chi connectivity index (χ2n) is 13.7. The Bertz CT molecular complexity index is 3170. The molecule has 0 unspecified atom stereocenters. The molecule has 0 atom stereocenters. The summed E-state index contributed by atoms with van der Waals surface area (Å²) < 4.78 is 13.1. The van der Waals surface area contributed by atoms with Gasteiger partial charge in [-0.15, -0.1) is 0 Å². The van der Waals surface area contributed by atoms with E-state index in [1.165, 1.54) is 32.7 Å². The van der Waals surface area contributed by atoms with Gasteiger partial charge in [0, 0.05) is 32.9 Å². The Morgan fingerprint density at radius 2 is 1.00 bits per heavy atom. The minimum absolute atomic E-state index is 0.818. The van der Waals surface area contributed by atoms with Crippen LogP contribution < -0.4 is 4.90 Å². The number of hydrogen-bond acceptors (Lipinski definition) is 3. The molecule has 0 radical (unpaired) electrons. The van der Waals surface area contributed by atoms with Crippen LogP contribution in [0.4, 0.5) is 17.1 Å². The van der Waals surface area contributed by atoms with Gasteiger partial charge in [-0.05, 0) is 93.0 Å². The van der Waals surface area contributed by atoms with Gasteiger partial charge in [0.2, 0.25) is 0 Å². The van der Waals surface area contributed by atoms with Crippen molar-refractivity contribution >= 4 is 82.5 Å². The van der Waals surface area contributed by atoms with Crippen LogP contribution in [-0.2, 0) is 0 Å². The van der Waals surface area contributed by atoms with Crippen LogP contribution in [0, 0.1) is 0 Å². The Kier molecular flexibility index (Phi) is 6.55. The predicted molar refractivity (Wildman–Crippen MR) is 222 cm³/mol. The zero-order chi connectivity index (χ0) is 34.9. The highest BCUT2D eigenvalue weighted by atomic mass is 16.3. The number of furan rings is 2. The number of anilines is 3. The van der Waals surface area contributed by atoms with Crippen molar-refractivity contribution in [2.24, 2.45) is 0 Å². The Morgan fingerprint density at radius 3 is 1.87 bits per heavy atom. The van der Waals surface area contributed by atoms with Crippen molar-refractivity contribution in [1.29, 1.82) is 0 Å². The van der Waals surface area contributed by atoms with Crippen molar-refractivity contribution in [1.82, 2.24) is 0 Å². The lowest BCUT2D eigenvalue weighted by Gasteiger charge is -2.28. The lowest BCUT2D eigenvalue weighted by molar-refractivity contribution is 0.663. The highest BCUT2D eigenvalue weighted by Gasteiger charge is 2.21. The van der Waals surface area contributed by atoms with Crippen LogP contribution in [0.1, 0.15) is 0 Å². The van der Waals surface area contributed by atoms with Gasteiger partial charge >= 0.3 is 0 Å². The molecule has 53 heavy (non-hydrogen) atoms. The Morgan fingerprint density at radius 1 is 0.340 bits per heavy atom. The van der Waals surface area contributed by atoms with E-state index >= 15 is 0 Å². The summed E-state index contributed by atoms with van der Waals surface area (Å²) in [5.41, 5.74) is 11.2. The second-order valence-corrected chi connectivity index (χ2v) is 13.7. The third kappa shape index (κ3) is 4.68. The first-order chi connectivity index (χ1) is 26.3. The fourth-order valence-electron chi connectivity index (χ4n) is 8.22. The highest BCUT2D eigenvalue weighted by molar-refractivity contribution is 6.25. The molecular formula is C50H31NO2. The van der Waals surface area contributed by atoms with Crippen molar-refractivity contribution in [3.63, 3.8) is 0 Å². The van der Waals surface area contributed by atoms with Crippen LogP contribution in [0.2, 0.25) is 0 Å². The molecule has 2 aromatic heterocycles. The summed E-state index contributed by atoms with van der Waals surface area (Å²) in [5, 5.41) is 9.12. The average molecular weight is 678 g/mol. The highest BCUT2D eigenvalue weighted by Crippen LogP contribution is 2.46. The van der Waals surface area contributed by atoms with Crippen LogP contribution in [0.15, 0.2) is 197 Å². The monoisotopic (exact) mass is 677 g/mol. The van der Waals surface area contributed by atoms with Gasteiger partial charge in [0.15, 0.2) is 0 Å². The van der Waals surface area contributed by atoms with Gasteiger partial charge in [-0.3, -0.25) is 0 Å². The molecule has 11 aromatic rings. The zero-order valence-corrected chi connectivity index (χ0v) is 28.7. The number of rotatable bonds is 5. The summed E-state index contributed by atoms with van der Waals surface area (Å²) >= 11 is 0. The lowest BCUT2D eigenvalue weighted by Crippen LogP contribution is -2.10. The van der Waals surface area contributed by atoms with Gasteiger partial charge in [0.25, 0.3) is 0 Å². The van der Waals surface area contributed by atoms with Gasteiger partial charge in [0.05, 0.1) is 11.1 Å². The van der Waals surface area contributed by atoms with Crippen LogP contribution in [0.25, 0.3) is 87.7 Å². The van der Waals surface area contributed by atoms with Gasteiger partial charge in [0.1, 0.15) is 22.3 Å². The third-order valence-electron chi connectivity index (χ3n) is 10.6. The van der Waals surface area contributed by atoms with Crippen LogP contribution >= 0.6 is 0 Å². The average Bonchev–Trinajstić information content (AvgIpc) is 3.80. The molecule has 0 amide bonds. The van der Waals surface area contributed by atoms with Gasteiger partial charge < -0.3 is 13.7 Å². The molecule has 3 heteroatoms. The van der Waals surface area contributed by atoms with Crippen molar-refractivity contribution in [3.8, 4) is 22.3 Å². The van der Waals surface area contributed by atoms with Gasteiger partial charge in [-0.2, -0.15) is 0 Å². The fraction of sp³-hybridized carbons (Fsp3) is 0. The molecule has 3 nitrogen and oxygen atoms in total. The maximum absolute atomic E-state index is 6.55. The molecule has 0 saturated heterocycles. The second kappa shape index (κ2) is 11.7. The molecule has 0 fully saturated rings. The predicted octanol–water partition coefficient (Wildman–Crippen LogP) is 14.6. The topological polar surface area (TPSA) is 29.5 Å². The van der Waals surface area contributed by atoms with Crippen molar-refractivity contribution in [3.05, 3.63) is 188 Å². The van der Waals surface area contributed by atoms with Crippen molar-refractivity contribution in [2.45, 2.75) is 0 Å². The van der Waals surface area contributed by atoms with E-state index in [-0.39, 0.29) is 0 Å². The number of para-hydroxylation sites is 1. The van der Waals surface area contributed by atoms with Crippen LogP contribution in [0.5, 0.6) is 0 Å². The van der Waals surface area contributed by atoms with Crippen molar-refractivity contribution < 1.29 is 8.83 Å². The van der Waals surface area contributed by atoms with E-state index < -0.39 is 0 Å². The molecule has 11 rings (SSSR count). The molecule has 2 heterocycles. The molecule has 0 bridgehead atoms. The first-order valence-electron chi connectivity index (χ1n) is 18.0. The summed E-state index contributed by atoms with van der Waals surface area (Å²) in [6.07, 6.45) is 0. The largest absolute Gasteiger partial charge is 0.456 e. The van der Waals surface area contributed by atoms with E-state index in [0.29, 0.717) is 0 Å². The molecule has 248 valence electrons. The summed E-state index contributed by atoms with van der Waals surface area (Å²) in [7, 11) is 0. The van der Waals surface area contributed by atoms with E-state index in [0.717, 1.165) is 72.1 Å². The Hall–Kier alpha value is -7.10. The lowest BCUT2D eigenvalue weighted by atomic mass is 9.96. The number of benzene rings is 9. The molecule has 0 saturated carbocycles. The quantitative estimate of drug-likeness (QED) is 0.170. The molecule has 0 aliphatic carbocycles. The first kappa shape index (κ1) is 29.6. The van der Waals surface area contributed by atoms with E-state index in [1.54, 1.807) is 0 Å². The first-order valence-corrected chi connectivity index (χ1v) is 18.0. The fourth-order valence-corrected chi connectivity index (χ4v) is 8.22. The zero-order valence-electron chi connectivity index (χ0n) is 28.7. The Balaban J connectivity index is 1.15. The van der Waals surface area contributed by atoms with Crippen LogP contribution in [0.3, 0.4) is 0 Å². The molecule has 9 aromatic carbocycles. The standard InChI is InChI=1S/C50H31NO2/c1-2-12-32(13-3-1)33-24-26-36(27-25-33)51(44-31-35-14-4-5-17-38(35)40-18-6-7-19-41(40)44)37-16-10-15-34(30-37)39-21-11-23-46-48(39)49-47(52-46)29-28-43-42-20-8-9-22-45(42)53-50(43)49/h1-31H. The molecule has 0 spiro atoms. The van der Waals surface area contributed by atoms with E-state index in [4.69, 9.17) is 8.83 Å². The number of hydrogen-bond donors (Lipinski definition) is 0. The summed E-state index contributed by atoms with van der Waals surface area (Å²) in [6.45, 7) is 0. The molecule has 0 aliphatic heterocycles. The Labute approximate surface area is 305 Å². The van der Waals surface area contributed by atoms with Crippen LogP contribution in [-0.4, -0.2) is 0 Å². The third-order valence-corrected chi connectivity index (χ3v) is 10.6. The summed E-state index contributed by atoms with van der Waals surface area (Å²) in [4.78, 5) is 2.40. The SMILES string of the molecule is c1ccc(-c2ccc(N(c3cccc(-c4cccc5oc6ccc7c8ccccc8oc7c6c45)c3)c3cc4ccccc4c4ccccc34)cc2)cc1. The summed E-state index contributed by atoms with van der Waals surface area (Å²) in [5.74, 6) is 0. The molecule has 0 aliphatic rings. The minimum atomic E-state index is 0.818. The van der Waals surface area contributed by atoms with Gasteiger partial charge in [-0.1, -0.05) is 133 Å². The minimum Gasteiger partial charge on any atom is -0.456 e. The normalized spacial score (nSPS) is 11.8. The summed E-state index contributed by atoms with van der Waals surface area (Å²) in [6, 6.07) is 66.9. The van der Waals surface area contributed by atoms with E-state index in [9.17, 15) is 0 Å². The maximum Gasteiger partial charge on any atom is 0.147 e.